The Morgan fingerprint density at radius 1 is 0.514 bits per heavy atom. The van der Waals surface area contributed by atoms with E-state index in [2.05, 4.69) is 0 Å². The summed E-state index contributed by atoms with van der Waals surface area (Å²) in [6.45, 7) is 2.98. The second-order valence-electron chi connectivity index (χ2n) is 8.20. The van der Waals surface area contributed by atoms with Gasteiger partial charge in [0.2, 0.25) is 0 Å². The largest absolute Gasteiger partial charge is 2.00 e. The van der Waals surface area contributed by atoms with Crippen LogP contribution in [0.3, 0.4) is 0 Å². The molecule has 0 aliphatic rings. The van der Waals surface area contributed by atoms with Gasteiger partial charge in [0.05, 0.1) is 11.9 Å². The fraction of sp³-hybridized carbons (Fsp3) is 0.133. The predicted octanol–water partition coefficient (Wildman–Crippen LogP) is 3.08. The second-order valence-corrected chi connectivity index (χ2v) is 8.20. The molecule has 0 amide bonds. The van der Waals surface area contributed by atoms with Crippen LogP contribution in [0, 0.1) is 0 Å². The van der Waals surface area contributed by atoms with Crippen molar-refractivity contribution in [1.82, 2.24) is 0 Å². The van der Waals surface area contributed by atoms with Crippen molar-refractivity contribution < 1.29 is 29.3 Å². The first-order chi connectivity index (χ1) is 17.3. The molecule has 0 radical (unpaired) electrons. The van der Waals surface area contributed by atoms with Gasteiger partial charge in [-0.1, -0.05) is 97.1 Å². The molecule has 2 unspecified atom stereocenters. The molecule has 0 spiro atoms. The quantitative estimate of drug-likeness (QED) is 0.330. The van der Waals surface area contributed by atoms with Gasteiger partial charge in [0.15, 0.2) is 11.2 Å². The Bertz CT molecular complexity index is 1150. The van der Waals surface area contributed by atoms with E-state index < -0.39 is 23.1 Å². The van der Waals surface area contributed by atoms with Crippen LogP contribution in [0.2, 0.25) is 0 Å². The summed E-state index contributed by atoms with van der Waals surface area (Å²) >= 11 is 0. The molecule has 184 valence electrons. The molecule has 0 heterocycles. The molecule has 0 N–H and O–H groups in total. The number of hydrogen-bond donors (Lipinski definition) is 0. The summed E-state index contributed by atoms with van der Waals surface area (Å²) in [5, 5.41) is 22.8. The zero-order valence-corrected chi connectivity index (χ0v) is 22.9. The number of para-hydroxylation sites is 2. The number of carbonyl (C=O) groups excluding carboxylic acids is 2. The van der Waals surface area contributed by atoms with Crippen LogP contribution in [0.4, 0.5) is 0 Å². The summed E-state index contributed by atoms with van der Waals surface area (Å²) in [5.74, 6) is -1.55. The van der Waals surface area contributed by atoms with Crippen molar-refractivity contribution in [2.45, 2.75) is 25.0 Å². The van der Waals surface area contributed by atoms with Gasteiger partial charge >= 0.3 is 37.7 Å². The van der Waals surface area contributed by atoms with E-state index in [0.717, 1.165) is 0 Å². The molecule has 0 saturated heterocycles. The van der Waals surface area contributed by atoms with E-state index in [1.54, 1.807) is 97.1 Å². The van der Waals surface area contributed by atoms with Crippen molar-refractivity contribution in [3.63, 3.8) is 0 Å². The Morgan fingerprint density at radius 3 is 1.00 bits per heavy atom. The molecule has 0 aromatic heterocycles. The summed E-state index contributed by atoms with van der Waals surface area (Å²) in [6.07, 6.45) is 0. The number of rotatable bonds is 8. The number of hydrogen-bond acceptors (Lipinski definition) is 6. The molecule has 37 heavy (non-hydrogen) atoms. The van der Waals surface area contributed by atoms with Gasteiger partial charge in [-0.15, -0.1) is 0 Å². The molecule has 0 fully saturated rings. The average molecular weight is 523 g/mol. The van der Waals surface area contributed by atoms with E-state index in [9.17, 15) is 19.8 Å². The van der Waals surface area contributed by atoms with Crippen molar-refractivity contribution in [3.05, 3.63) is 132 Å². The number of carbonyl (C=O) groups is 2. The maximum atomic E-state index is 11.4. The number of carboxylic acids is 2. The fourth-order valence-electron chi connectivity index (χ4n) is 3.40. The maximum absolute atomic E-state index is 11.4. The van der Waals surface area contributed by atoms with Crippen LogP contribution in [0.5, 0.6) is 11.5 Å². The molecular formula is C30H26CaO6. The Hall–Kier alpha value is -3.32. The zero-order valence-electron chi connectivity index (χ0n) is 20.7. The van der Waals surface area contributed by atoms with E-state index in [0.29, 0.717) is 22.6 Å². The van der Waals surface area contributed by atoms with Crippen molar-refractivity contribution in [2.24, 2.45) is 0 Å². The first-order valence-corrected chi connectivity index (χ1v) is 11.3. The standard InChI is InChI=1S/2C15H14O3.Ca/c2*1-15(14(16)17,12-8-4-2-5-9-12)18-13-10-6-3-7-11-13;/h2*2-11H,1H3,(H,16,17);/q;;+2/p-2. The van der Waals surface area contributed by atoms with E-state index in [4.69, 9.17) is 9.47 Å². The van der Waals surface area contributed by atoms with E-state index in [-0.39, 0.29) is 37.7 Å². The molecule has 0 aliphatic carbocycles. The van der Waals surface area contributed by atoms with E-state index in [1.807, 2.05) is 24.3 Å². The number of benzene rings is 4. The predicted molar refractivity (Wildman–Crippen MR) is 137 cm³/mol. The SMILES string of the molecule is CC(Oc1ccccc1)(C(=O)[O-])c1ccccc1.CC(Oc1ccccc1)(C(=O)[O-])c1ccccc1.[Ca+2]. The smallest absolute Gasteiger partial charge is 0.545 e. The molecule has 4 rings (SSSR count). The van der Waals surface area contributed by atoms with Crippen LogP contribution in [0.1, 0.15) is 25.0 Å². The fourth-order valence-corrected chi connectivity index (χ4v) is 3.40. The van der Waals surface area contributed by atoms with Crippen LogP contribution >= 0.6 is 0 Å². The molecule has 6 nitrogen and oxygen atoms in total. The van der Waals surface area contributed by atoms with Crippen LogP contribution < -0.4 is 19.7 Å². The van der Waals surface area contributed by atoms with Crippen LogP contribution in [-0.4, -0.2) is 49.7 Å². The minimum Gasteiger partial charge on any atom is -0.545 e. The maximum Gasteiger partial charge on any atom is 2.00 e. The number of carboxylic acid groups (broad SMARTS) is 2. The van der Waals surface area contributed by atoms with Gasteiger partial charge < -0.3 is 29.3 Å². The second kappa shape index (κ2) is 13.8. The first kappa shape index (κ1) is 29.9. The molecule has 0 aliphatic heterocycles. The van der Waals surface area contributed by atoms with Crippen LogP contribution in [0.25, 0.3) is 0 Å². The molecule has 0 saturated carbocycles. The van der Waals surface area contributed by atoms with Crippen LogP contribution in [0.15, 0.2) is 121 Å². The Morgan fingerprint density at radius 2 is 0.757 bits per heavy atom. The first-order valence-electron chi connectivity index (χ1n) is 11.3. The summed E-state index contributed by atoms with van der Waals surface area (Å²) in [7, 11) is 0. The molecule has 4 aromatic rings. The van der Waals surface area contributed by atoms with Crippen molar-refractivity contribution in [2.75, 3.05) is 0 Å². The summed E-state index contributed by atoms with van der Waals surface area (Å²) in [5.41, 5.74) is -1.90. The summed E-state index contributed by atoms with van der Waals surface area (Å²) < 4.78 is 11.2. The monoisotopic (exact) mass is 522 g/mol. The zero-order chi connectivity index (χ0) is 26.0. The summed E-state index contributed by atoms with van der Waals surface area (Å²) in [4.78, 5) is 22.8. The van der Waals surface area contributed by atoms with Gasteiger partial charge in [-0.25, -0.2) is 0 Å². The van der Waals surface area contributed by atoms with Crippen LogP contribution in [-0.2, 0) is 20.8 Å². The van der Waals surface area contributed by atoms with Crippen molar-refractivity contribution in [1.29, 1.82) is 0 Å². The van der Waals surface area contributed by atoms with E-state index >= 15 is 0 Å². The molecular weight excluding hydrogens is 496 g/mol. The van der Waals surface area contributed by atoms with Gasteiger partial charge in [0.25, 0.3) is 0 Å². The topological polar surface area (TPSA) is 98.7 Å². The van der Waals surface area contributed by atoms with Gasteiger partial charge in [-0.3, -0.25) is 0 Å². The Kier molecular flexibility index (Phi) is 11.2. The van der Waals surface area contributed by atoms with Crippen molar-refractivity contribution >= 4 is 49.7 Å². The van der Waals surface area contributed by atoms with E-state index in [1.165, 1.54) is 13.8 Å². The minimum atomic E-state index is -1.50. The summed E-state index contributed by atoms with van der Waals surface area (Å²) in [6, 6.07) is 35.2. The molecule has 4 aromatic carbocycles. The number of ether oxygens (including phenoxy) is 2. The minimum absolute atomic E-state index is 0. The average Bonchev–Trinajstić information content (AvgIpc) is 2.91. The Labute approximate surface area is 246 Å². The molecule has 7 heteroatoms. The Balaban J connectivity index is 0.000000253. The molecule has 2 atom stereocenters. The number of aliphatic carboxylic acids is 2. The van der Waals surface area contributed by atoms with Gasteiger partial charge in [-0.2, -0.15) is 0 Å². The normalized spacial score (nSPS) is 13.2. The third-order valence-electron chi connectivity index (χ3n) is 5.56. The van der Waals surface area contributed by atoms with Crippen molar-refractivity contribution in [3.8, 4) is 11.5 Å². The van der Waals surface area contributed by atoms with Gasteiger partial charge in [0.1, 0.15) is 11.5 Å². The van der Waals surface area contributed by atoms with Gasteiger partial charge in [-0.05, 0) is 38.1 Å². The third kappa shape index (κ3) is 7.83. The van der Waals surface area contributed by atoms with Gasteiger partial charge in [0, 0.05) is 11.1 Å². The third-order valence-corrected chi connectivity index (χ3v) is 5.56. The molecule has 0 bridgehead atoms.